The van der Waals surface area contributed by atoms with Crippen molar-refractivity contribution in [3.05, 3.63) is 0 Å². The monoisotopic (exact) mass is 193 g/mol. The molecule has 0 spiro atoms. The minimum Gasteiger partial charge on any atom is -0.480 e. The maximum absolute atomic E-state index is 10.2. The standard InChI is InChI=1S/C5H8BrNO2/c6-3-1-2(3)4(7)5(8)9/h2-4H,1,7H2,(H,8,9). The number of hydrogen-bond donors (Lipinski definition) is 2. The molecule has 1 saturated carbocycles. The van der Waals surface area contributed by atoms with Gasteiger partial charge >= 0.3 is 5.97 Å². The van der Waals surface area contributed by atoms with E-state index in [0.717, 1.165) is 6.42 Å². The zero-order chi connectivity index (χ0) is 7.02. The molecule has 3 N–H and O–H groups in total. The molecule has 9 heavy (non-hydrogen) atoms. The smallest absolute Gasteiger partial charge is 0.320 e. The van der Waals surface area contributed by atoms with Crippen molar-refractivity contribution in [2.24, 2.45) is 11.7 Å². The van der Waals surface area contributed by atoms with Crippen LogP contribution in [0.25, 0.3) is 0 Å². The lowest BCUT2D eigenvalue weighted by molar-refractivity contribution is -0.139. The van der Waals surface area contributed by atoms with Crippen molar-refractivity contribution in [2.75, 3.05) is 0 Å². The summed E-state index contributed by atoms with van der Waals surface area (Å²) in [5, 5.41) is 8.36. The van der Waals surface area contributed by atoms with Crippen LogP contribution in [0.15, 0.2) is 0 Å². The molecule has 0 radical (unpaired) electrons. The quantitative estimate of drug-likeness (QED) is 0.616. The zero-order valence-electron chi connectivity index (χ0n) is 4.75. The second kappa shape index (κ2) is 2.27. The van der Waals surface area contributed by atoms with Crippen LogP contribution in [-0.2, 0) is 4.79 Å². The molecule has 1 aliphatic carbocycles. The molecule has 0 aromatic carbocycles. The molecule has 4 heteroatoms. The number of hydrogen-bond acceptors (Lipinski definition) is 2. The first-order valence-corrected chi connectivity index (χ1v) is 3.67. The van der Waals surface area contributed by atoms with E-state index in [1.54, 1.807) is 0 Å². The maximum Gasteiger partial charge on any atom is 0.320 e. The minimum absolute atomic E-state index is 0.155. The molecule has 0 bridgehead atoms. The normalized spacial score (nSPS) is 35.8. The van der Waals surface area contributed by atoms with Gasteiger partial charge in [-0.05, 0) is 12.3 Å². The van der Waals surface area contributed by atoms with Gasteiger partial charge in [0, 0.05) is 4.83 Å². The molecule has 1 rings (SSSR count). The summed E-state index contributed by atoms with van der Waals surface area (Å²) < 4.78 is 0. The van der Waals surface area contributed by atoms with Crippen molar-refractivity contribution < 1.29 is 9.90 Å². The Morgan fingerprint density at radius 2 is 2.33 bits per heavy atom. The van der Waals surface area contributed by atoms with Gasteiger partial charge in [0.2, 0.25) is 0 Å². The van der Waals surface area contributed by atoms with E-state index in [2.05, 4.69) is 15.9 Å². The van der Waals surface area contributed by atoms with E-state index in [1.807, 2.05) is 0 Å². The molecule has 0 aromatic heterocycles. The maximum atomic E-state index is 10.2. The topological polar surface area (TPSA) is 63.3 Å². The van der Waals surface area contributed by atoms with Crippen LogP contribution in [-0.4, -0.2) is 21.9 Å². The third kappa shape index (κ3) is 1.43. The van der Waals surface area contributed by atoms with Gasteiger partial charge in [0.15, 0.2) is 0 Å². The highest BCUT2D eigenvalue weighted by Gasteiger charge is 2.42. The third-order valence-electron chi connectivity index (χ3n) is 1.51. The Kier molecular flexibility index (Phi) is 1.77. The van der Waals surface area contributed by atoms with Gasteiger partial charge < -0.3 is 10.8 Å². The average molecular weight is 194 g/mol. The second-order valence-electron chi connectivity index (χ2n) is 2.28. The SMILES string of the molecule is NC(C(=O)O)C1CC1Br. The fourth-order valence-corrected chi connectivity index (χ4v) is 1.50. The summed E-state index contributed by atoms with van der Waals surface area (Å²) in [5.41, 5.74) is 5.28. The number of halogens is 1. The molecule has 3 nitrogen and oxygen atoms in total. The highest BCUT2D eigenvalue weighted by atomic mass is 79.9. The molecule has 0 aromatic rings. The van der Waals surface area contributed by atoms with Gasteiger partial charge in [-0.3, -0.25) is 4.79 Å². The molecular weight excluding hydrogens is 186 g/mol. The number of carboxylic acids is 1. The van der Waals surface area contributed by atoms with E-state index in [1.165, 1.54) is 0 Å². The number of alkyl halides is 1. The number of carbonyl (C=O) groups is 1. The summed E-state index contributed by atoms with van der Waals surface area (Å²) in [6, 6.07) is -0.672. The van der Waals surface area contributed by atoms with Crippen LogP contribution in [0.2, 0.25) is 0 Å². The van der Waals surface area contributed by atoms with Crippen molar-refractivity contribution in [1.82, 2.24) is 0 Å². The predicted molar refractivity (Wildman–Crippen MR) is 36.4 cm³/mol. The van der Waals surface area contributed by atoms with E-state index < -0.39 is 12.0 Å². The van der Waals surface area contributed by atoms with E-state index >= 15 is 0 Å². The molecule has 3 unspecified atom stereocenters. The van der Waals surface area contributed by atoms with Crippen LogP contribution in [0, 0.1) is 5.92 Å². The first kappa shape index (κ1) is 7.02. The lowest BCUT2D eigenvalue weighted by Crippen LogP contribution is -2.32. The number of carboxylic acid groups (broad SMARTS) is 1. The molecular formula is C5H8BrNO2. The van der Waals surface area contributed by atoms with Gasteiger partial charge in [-0.25, -0.2) is 0 Å². The lowest BCUT2D eigenvalue weighted by Gasteiger charge is -2.00. The van der Waals surface area contributed by atoms with Crippen LogP contribution in [0.1, 0.15) is 6.42 Å². The molecule has 0 aliphatic heterocycles. The zero-order valence-corrected chi connectivity index (χ0v) is 6.34. The molecule has 0 heterocycles. The summed E-state index contributed by atoms with van der Waals surface area (Å²) in [4.78, 5) is 10.5. The van der Waals surface area contributed by atoms with Gasteiger partial charge in [0.1, 0.15) is 6.04 Å². The average Bonchev–Trinajstić information content (AvgIpc) is 2.44. The van der Waals surface area contributed by atoms with E-state index in [9.17, 15) is 4.79 Å². The van der Waals surface area contributed by atoms with Crippen LogP contribution >= 0.6 is 15.9 Å². The third-order valence-corrected chi connectivity index (χ3v) is 2.56. The summed E-state index contributed by atoms with van der Waals surface area (Å²) in [7, 11) is 0. The Hall–Kier alpha value is -0.0900. The van der Waals surface area contributed by atoms with Gasteiger partial charge in [-0.2, -0.15) is 0 Å². The molecule has 1 aliphatic rings. The Morgan fingerprint density at radius 3 is 2.44 bits per heavy atom. The van der Waals surface area contributed by atoms with Crippen LogP contribution in [0.4, 0.5) is 0 Å². The first-order valence-electron chi connectivity index (χ1n) is 2.75. The Bertz CT molecular complexity index is 139. The summed E-state index contributed by atoms with van der Waals surface area (Å²) in [6.07, 6.45) is 0.896. The van der Waals surface area contributed by atoms with Crippen LogP contribution < -0.4 is 5.73 Å². The van der Waals surface area contributed by atoms with Gasteiger partial charge in [-0.1, -0.05) is 15.9 Å². The van der Waals surface area contributed by atoms with Crippen molar-refractivity contribution in [2.45, 2.75) is 17.3 Å². The second-order valence-corrected chi connectivity index (χ2v) is 3.46. The van der Waals surface area contributed by atoms with Gasteiger partial charge in [0.25, 0.3) is 0 Å². The summed E-state index contributed by atoms with van der Waals surface area (Å²) >= 11 is 3.27. The first-order chi connectivity index (χ1) is 4.13. The summed E-state index contributed by atoms with van der Waals surface area (Å²) in [5.74, 6) is -0.746. The number of rotatable bonds is 2. The Morgan fingerprint density at radius 1 is 1.89 bits per heavy atom. The lowest BCUT2D eigenvalue weighted by atomic mass is 10.2. The summed E-state index contributed by atoms with van der Waals surface area (Å²) in [6.45, 7) is 0. The molecule has 3 atom stereocenters. The minimum atomic E-state index is -0.901. The van der Waals surface area contributed by atoms with Crippen LogP contribution in [0.3, 0.4) is 0 Å². The van der Waals surface area contributed by atoms with Gasteiger partial charge in [-0.15, -0.1) is 0 Å². The highest BCUT2D eigenvalue weighted by molar-refractivity contribution is 9.09. The largest absolute Gasteiger partial charge is 0.480 e. The highest BCUT2D eigenvalue weighted by Crippen LogP contribution is 2.39. The van der Waals surface area contributed by atoms with E-state index in [-0.39, 0.29) is 5.92 Å². The Labute approximate surface area is 61.4 Å². The molecule has 0 amide bonds. The van der Waals surface area contributed by atoms with Gasteiger partial charge in [0.05, 0.1) is 0 Å². The van der Waals surface area contributed by atoms with Crippen molar-refractivity contribution in [3.8, 4) is 0 Å². The molecule has 52 valence electrons. The predicted octanol–water partition coefficient (Wildman–Crippen LogP) is 0.182. The van der Waals surface area contributed by atoms with Crippen LogP contribution in [0.5, 0.6) is 0 Å². The van der Waals surface area contributed by atoms with Crippen molar-refractivity contribution in [3.63, 3.8) is 0 Å². The van der Waals surface area contributed by atoms with Crippen molar-refractivity contribution in [1.29, 1.82) is 0 Å². The fourth-order valence-electron chi connectivity index (χ4n) is 0.736. The number of nitrogens with two attached hydrogens (primary N) is 1. The van der Waals surface area contributed by atoms with Crippen molar-refractivity contribution >= 4 is 21.9 Å². The molecule has 1 fully saturated rings. The Balaban J connectivity index is 2.36. The van der Waals surface area contributed by atoms with E-state index in [4.69, 9.17) is 10.8 Å². The molecule has 0 saturated heterocycles. The number of aliphatic carboxylic acids is 1. The van der Waals surface area contributed by atoms with E-state index in [0.29, 0.717) is 4.83 Å². The fraction of sp³-hybridized carbons (Fsp3) is 0.800.